The van der Waals surface area contributed by atoms with E-state index < -0.39 is 5.82 Å². The summed E-state index contributed by atoms with van der Waals surface area (Å²) in [6.07, 6.45) is 6.80. The summed E-state index contributed by atoms with van der Waals surface area (Å²) in [6.45, 7) is 2.73. The third-order valence-electron chi connectivity index (χ3n) is 5.57. The van der Waals surface area contributed by atoms with E-state index in [0.29, 0.717) is 35.5 Å². The van der Waals surface area contributed by atoms with Crippen molar-refractivity contribution in [1.82, 2.24) is 9.97 Å². The second-order valence-corrected chi connectivity index (χ2v) is 7.64. The highest BCUT2D eigenvalue weighted by Gasteiger charge is 2.28. The van der Waals surface area contributed by atoms with Crippen molar-refractivity contribution >= 4 is 23.1 Å². The molecular formula is C20H22ClFN4. The number of rotatable bonds is 3. The zero-order valence-electron chi connectivity index (χ0n) is 15.0. The summed E-state index contributed by atoms with van der Waals surface area (Å²) < 4.78 is 14.4. The predicted octanol–water partition coefficient (Wildman–Crippen LogP) is 4.64. The molecule has 2 aliphatic rings. The highest BCUT2D eigenvalue weighted by molar-refractivity contribution is 6.31. The van der Waals surface area contributed by atoms with Crippen LogP contribution in [0.1, 0.15) is 49.6 Å². The standard InChI is InChI=1S/C20H22ClFN4/c1-12-6-3-4-9-16(12)26(2)17-11-24-20-15(25-17)10-23-19(20)13-7-5-8-14(21)18(13)22/h5,7-8,11-12,16H,3-4,6,9-10H2,1-2H3/t12-,16+/m0/s1. The number of benzene rings is 1. The van der Waals surface area contributed by atoms with Crippen LogP contribution >= 0.6 is 11.6 Å². The Bertz CT molecular complexity index is 867. The number of halogens is 2. The first-order valence-electron chi connectivity index (χ1n) is 9.14. The summed E-state index contributed by atoms with van der Waals surface area (Å²) in [7, 11) is 2.09. The number of aromatic nitrogens is 2. The minimum Gasteiger partial charge on any atom is -0.355 e. The Morgan fingerprint density at radius 2 is 2.04 bits per heavy atom. The van der Waals surface area contributed by atoms with Crippen molar-refractivity contribution in [2.45, 2.75) is 45.2 Å². The first-order valence-corrected chi connectivity index (χ1v) is 9.52. The van der Waals surface area contributed by atoms with E-state index in [2.05, 4.69) is 28.8 Å². The fourth-order valence-corrected chi connectivity index (χ4v) is 4.24. The molecule has 2 aromatic rings. The fourth-order valence-electron chi connectivity index (χ4n) is 4.07. The van der Waals surface area contributed by atoms with Gasteiger partial charge in [0.15, 0.2) is 5.82 Å². The third-order valence-corrected chi connectivity index (χ3v) is 5.87. The van der Waals surface area contributed by atoms with Gasteiger partial charge >= 0.3 is 0 Å². The molecule has 0 N–H and O–H groups in total. The molecular weight excluding hydrogens is 351 g/mol. The molecule has 1 fully saturated rings. The number of nitrogens with zero attached hydrogens (tertiary/aromatic N) is 4. The molecule has 1 saturated carbocycles. The summed E-state index contributed by atoms with van der Waals surface area (Å²) in [6, 6.07) is 5.43. The second kappa shape index (κ2) is 6.95. The van der Waals surface area contributed by atoms with E-state index in [-0.39, 0.29) is 5.02 Å². The Balaban J connectivity index is 1.63. The summed E-state index contributed by atoms with van der Waals surface area (Å²) in [5.74, 6) is 1.06. The molecule has 0 bridgehead atoms. The average Bonchev–Trinajstić information content (AvgIpc) is 3.07. The molecule has 1 aromatic carbocycles. The minimum atomic E-state index is -0.459. The van der Waals surface area contributed by atoms with Crippen LogP contribution in [-0.2, 0) is 6.54 Å². The van der Waals surface area contributed by atoms with Crippen molar-refractivity contribution in [1.29, 1.82) is 0 Å². The van der Waals surface area contributed by atoms with Crippen LogP contribution in [0.4, 0.5) is 10.2 Å². The van der Waals surface area contributed by atoms with Crippen molar-refractivity contribution in [3.8, 4) is 0 Å². The molecule has 0 amide bonds. The van der Waals surface area contributed by atoms with E-state index in [1.165, 1.54) is 31.7 Å². The Hall–Kier alpha value is -2.01. The molecule has 4 nitrogen and oxygen atoms in total. The molecule has 2 heterocycles. The molecule has 0 unspecified atom stereocenters. The van der Waals surface area contributed by atoms with E-state index in [9.17, 15) is 4.39 Å². The van der Waals surface area contributed by atoms with Crippen molar-refractivity contribution in [3.63, 3.8) is 0 Å². The van der Waals surface area contributed by atoms with Crippen molar-refractivity contribution in [3.05, 3.63) is 52.2 Å². The first-order chi connectivity index (χ1) is 12.6. The molecule has 1 aliphatic heterocycles. The van der Waals surface area contributed by atoms with Crippen LogP contribution in [0, 0.1) is 11.7 Å². The number of hydrogen-bond donors (Lipinski definition) is 0. The molecule has 0 spiro atoms. The minimum absolute atomic E-state index is 0.0919. The van der Waals surface area contributed by atoms with Crippen LogP contribution in [0.15, 0.2) is 29.4 Å². The van der Waals surface area contributed by atoms with Crippen molar-refractivity contribution in [2.24, 2.45) is 10.9 Å². The van der Waals surface area contributed by atoms with E-state index in [1.54, 1.807) is 18.3 Å². The van der Waals surface area contributed by atoms with Crippen LogP contribution < -0.4 is 4.90 Å². The first kappa shape index (κ1) is 17.4. The number of anilines is 1. The van der Waals surface area contributed by atoms with Crippen molar-refractivity contribution < 1.29 is 4.39 Å². The Morgan fingerprint density at radius 3 is 2.85 bits per heavy atom. The summed E-state index contributed by atoms with van der Waals surface area (Å²) in [4.78, 5) is 16.1. The van der Waals surface area contributed by atoms with E-state index in [4.69, 9.17) is 16.6 Å². The predicted molar refractivity (Wildman–Crippen MR) is 103 cm³/mol. The van der Waals surface area contributed by atoms with Gasteiger partial charge in [-0.05, 0) is 30.9 Å². The maximum atomic E-state index is 14.4. The van der Waals surface area contributed by atoms with E-state index >= 15 is 0 Å². The van der Waals surface area contributed by atoms with Gasteiger partial charge in [0, 0.05) is 18.7 Å². The Kier molecular flexibility index (Phi) is 4.65. The highest BCUT2D eigenvalue weighted by atomic mass is 35.5. The third kappa shape index (κ3) is 2.98. The Labute approximate surface area is 158 Å². The number of hydrogen-bond acceptors (Lipinski definition) is 4. The largest absolute Gasteiger partial charge is 0.355 e. The normalized spacial score (nSPS) is 22.1. The fraction of sp³-hybridized carbons (Fsp3) is 0.450. The lowest BCUT2D eigenvalue weighted by atomic mass is 9.85. The van der Waals surface area contributed by atoms with E-state index in [1.807, 2.05) is 0 Å². The number of fused-ring (bicyclic) bond motifs is 1. The smallest absolute Gasteiger partial charge is 0.151 e. The van der Waals surface area contributed by atoms with Crippen LogP contribution in [0.25, 0.3) is 0 Å². The van der Waals surface area contributed by atoms with Gasteiger partial charge in [-0.15, -0.1) is 0 Å². The molecule has 6 heteroatoms. The number of aliphatic imine (C=N–C) groups is 1. The molecule has 0 radical (unpaired) electrons. The van der Waals surface area contributed by atoms with Gasteiger partial charge in [0.25, 0.3) is 0 Å². The van der Waals surface area contributed by atoms with Gasteiger partial charge in [-0.25, -0.2) is 14.4 Å². The molecule has 4 rings (SSSR count). The molecule has 136 valence electrons. The van der Waals surface area contributed by atoms with Gasteiger partial charge in [-0.1, -0.05) is 37.4 Å². The van der Waals surface area contributed by atoms with Crippen LogP contribution in [0.3, 0.4) is 0 Å². The van der Waals surface area contributed by atoms with Crippen LogP contribution in [0.5, 0.6) is 0 Å². The van der Waals surface area contributed by atoms with Gasteiger partial charge in [0.05, 0.1) is 29.2 Å². The lowest BCUT2D eigenvalue weighted by Crippen LogP contribution is -2.39. The lowest BCUT2D eigenvalue weighted by molar-refractivity contribution is 0.320. The van der Waals surface area contributed by atoms with Crippen LogP contribution in [0.2, 0.25) is 5.02 Å². The maximum absolute atomic E-state index is 14.4. The van der Waals surface area contributed by atoms with Gasteiger partial charge in [0.1, 0.15) is 11.5 Å². The van der Waals surface area contributed by atoms with Gasteiger partial charge in [-0.3, -0.25) is 4.99 Å². The van der Waals surface area contributed by atoms with Gasteiger partial charge in [-0.2, -0.15) is 0 Å². The summed E-state index contributed by atoms with van der Waals surface area (Å²) in [5, 5.41) is 0.0919. The lowest BCUT2D eigenvalue weighted by Gasteiger charge is -2.36. The molecule has 0 saturated heterocycles. The van der Waals surface area contributed by atoms with Gasteiger partial charge in [0.2, 0.25) is 0 Å². The quantitative estimate of drug-likeness (QED) is 0.788. The van der Waals surface area contributed by atoms with E-state index in [0.717, 1.165) is 11.5 Å². The average molecular weight is 373 g/mol. The topological polar surface area (TPSA) is 41.4 Å². The molecule has 26 heavy (non-hydrogen) atoms. The van der Waals surface area contributed by atoms with Crippen LogP contribution in [-0.4, -0.2) is 28.8 Å². The second-order valence-electron chi connectivity index (χ2n) is 7.23. The summed E-state index contributed by atoms with van der Waals surface area (Å²) in [5.41, 5.74) is 2.37. The SMILES string of the molecule is C[C@H]1CCCC[C@H]1N(C)c1cnc2c(n1)CN=C2c1cccc(Cl)c1F. The highest BCUT2D eigenvalue weighted by Crippen LogP contribution is 2.31. The molecule has 1 aliphatic carbocycles. The Morgan fingerprint density at radius 1 is 1.23 bits per heavy atom. The molecule has 1 aromatic heterocycles. The monoisotopic (exact) mass is 372 g/mol. The van der Waals surface area contributed by atoms with Gasteiger partial charge < -0.3 is 4.90 Å². The summed E-state index contributed by atoms with van der Waals surface area (Å²) >= 11 is 5.91. The molecule has 2 atom stereocenters. The zero-order valence-corrected chi connectivity index (χ0v) is 15.8. The zero-order chi connectivity index (χ0) is 18.3. The van der Waals surface area contributed by atoms with Crippen molar-refractivity contribution in [2.75, 3.05) is 11.9 Å². The maximum Gasteiger partial charge on any atom is 0.151 e.